The van der Waals surface area contributed by atoms with Gasteiger partial charge in [0, 0.05) is 38.3 Å². The number of hydrogen-bond acceptors (Lipinski definition) is 6. The van der Waals surface area contributed by atoms with E-state index in [-0.39, 0.29) is 24.8 Å². The zero-order chi connectivity index (χ0) is 23.8. The van der Waals surface area contributed by atoms with E-state index in [4.69, 9.17) is 21.7 Å². The number of hydrogen-bond donors (Lipinski definition) is 2. The van der Waals surface area contributed by atoms with Gasteiger partial charge < -0.3 is 19.7 Å². The van der Waals surface area contributed by atoms with Crippen LogP contribution in [0.3, 0.4) is 0 Å². The third-order valence-corrected chi connectivity index (χ3v) is 5.06. The van der Waals surface area contributed by atoms with Crippen LogP contribution in [-0.4, -0.2) is 58.8 Å². The van der Waals surface area contributed by atoms with Crippen molar-refractivity contribution >= 4 is 29.7 Å². The van der Waals surface area contributed by atoms with Crippen molar-refractivity contribution in [3.8, 4) is 22.9 Å². The van der Waals surface area contributed by atoms with Crippen molar-refractivity contribution < 1.29 is 19.1 Å². The molecular weight excluding hydrogens is 442 g/mol. The predicted molar refractivity (Wildman–Crippen MR) is 128 cm³/mol. The lowest BCUT2D eigenvalue weighted by Gasteiger charge is -2.12. The van der Waals surface area contributed by atoms with E-state index in [1.807, 2.05) is 31.2 Å². The van der Waals surface area contributed by atoms with Crippen LogP contribution in [-0.2, 0) is 16.1 Å². The molecule has 0 aliphatic heterocycles. The molecule has 0 bridgehead atoms. The van der Waals surface area contributed by atoms with Crippen molar-refractivity contribution in [3.05, 3.63) is 53.3 Å². The molecule has 0 saturated carbocycles. The van der Waals surface area contributed by atoms with Crippen LogP contribution in [0.2, 0.25) is 0 Å². The van der Waals surface area contributed by atoms with Crippen molar-refractivity contribution in [1.29, 1.82) is 0 Å². The van der Waals surface area contributed by atoms with E-state index in [0.717, 1.165) is 11.3 Å². The Labute approximate surface area is 197 Å². The summed E-state index contributed by atoms with van der Waals surface area (Å²) in [5.41, 5.74) is 1.50. The maximum absolute atomic E-state index is 12.5. The van der Waals surface area contributed by atoms with Crippen LogP contribution in [0.15, 0.2) is 48.5 Å². The number of anilines is 1. The van der Waals surface area contributed by atoms with E-state index >= 15 is 0 Å². The first-order chi connectivity index (χ1) is 15.9. The fraction of sp³-hybridized carbons (Fsp3) is 0.304. The van der Waals surface area contributed by atoms with Gasteiger partial charge in [-0.05, 0) is 67.7 Å². The fourth-order valence-corrected chi connectivity index (χ4v) is 3.18. The third-order valence-electron chi connectivity index (χ3n) is 4.74. The van der Waals surface area contributed by atoms with E-state index < -0.39 is 0 Å². The molecule has 3 aromatic rings. The normalized spacial score (nSPS) is 10.5. The van der Waals surface area contributed by atoms with Crippen LogP contribution in [0.1, 0.15) is 13.3 Å². The lowest BCUT2D eigenvalue weighted by Crippen LogP contribution is -2.27. The monoisotopic (exact) mass is 469 g/mol. The average molecular weight is 470 g/mol. The van der Waals surface area contributed by atoms with Gasteiger partial charge in [-0.1, -0.05) is 0 Å². The second kappa shape index (κ2) is 11.3. The smallest absolute Gasteiger partial charge is 0.259 e. The fourth-order valence-electron chi connectivity index (χ4n) is 2.96. The van der Waals surface area contributed by atoms with E-state index in [2.05, 4.69) is 15.5 Å². The van der Waals surface area contributed by atoms with Crippen molar-refractivity contribution in [2.24, 2.45) is 0 Å². The highest BCUT2D eigenvalue weighted by molar-refractivity contribution is 7.71. The minimum Gasteiger partial charge on any atom is -0.494 e. The number of aromatic amines is 1. The first-order valence-electron chi connectivity index (χ1n) is 10.5. The molecule has 0 aliphatic rings. The van der Waals surface area contributed by atoms with Gasteiger partial charge >= 0.3 is 0 Å². The standard InChI is InChI=1S/C23H27N5O4S/c1-4-31-18-9-5-16(6-10-18)22-25-26-23(33)28(22)14-13-20(29)24-17-7-11-19(12-8-17)32-15-21(30)27(2)3/h5-12H,4,13-15H2,1-3H3,(H,24,29)(H,26,33). The molecule has 0 radical (unpaired) electrons. The first kappa shape index (κ1) is 24.0. The van der Waals surface area contributed by atoms with E-state index in [1.165, 1.54) is 4.90 Å². The molecule has 0 atom stereocenters. The van der Waals surface area contributed by atoms with Crippen LogP contribution in [0.5, 0.6) is 11.5 Å². The van der Waals surface area contributed by atoms with Crippen LogP contribution in [0.25, 0.3) is 11.4 Å². The number of carbonyl (C=O) groups is 2. The van der Waals surface area contributed by atoms with Gasteiger partial charge in [-0.2, -0.15) is 5.10 Å². The maximum Gasteiger partial charge on any atom is 0.259 e. The largest absolute Gasteiger partial charge is 0.494 e. The molecule has 10 heteroatoms. The number of nitrogens with one attached hydrogen (secondary N) is 2. The minimum atomic E-state index is -0.160. The molecule has 2 amide bonds. The summed E-state index contributed by atoms with van der Waals surface area (Å²) in [7, 11) is 3.34. The Bertz CT molecular complexity index is 1140. The summed E-state index contributed by atoms with van der Waals surface area (Å²) in [5, 5.41) is 9.95. The molecule has 2 N–H and O–H groups in total. The summed E-state index contributed by atoms with van der Waals surface area (Å²) in [5.74, 6) is 1.70. The Morgan fingerprint density at radius 1 is 1.06 bits per heavy atom. The van der Waals surface area contributed by atoms with Crippen molar-refractivity contribution in [1.82, 2.24) is 19.7 Å². The van der Waals surface area contributed by atoms with Crippen LogP contribution >= 0.6 is 12.2 Å². The Balaban J connectivity index is 1.56. The number of likely N-dealkylation sites (N-methyl/N-ethyl adjacent to an activating group) is 1. The number of aromatic nitrogens is 3. The zero-order valence-corrected chi connectivity index (χ0v) is 19.6. The molecule has 0 fully saturated rings. The highest BCUT2D eigenvalue weighted by Gasteiger charge is 2.12. The molecule has 0 aliphatic carbocycles. The van der Waals surface area contributed by atoms with Gasteiger partial charge in [-0.15, -0.1) is 0 Å². The summed E-state index contributed by atoms with van der Waals surface area (Å²) in [4.78, 5) is 25.5. The number of benzene rings is 2. The molecule has 174 valence electrons. The molecule has 33 heavy (non-hydrogen) atoms. The van der Waals surface area contributed by atoms with Crippen molar-refractivity contribution in [2.75, 3.05) is 32.6 Å². The summed E-state index contributed by atoms with van der Waals surface area (Å²) in [6.45, 7) is 2.86. The second-order valence-electron chi connectivity index (χ2n) is 7.36. The quantitative estimate of drug-likeness (QED) is 0.441. The van der Waals surface area contributed by atoms with Gasteiger partial charge in [-0.25, -0.2) is 0 Å². The average Bonchev–Trinajstić information content (AvgIpc) is 3.18. The molecule has 1 heterocycles. The van der Waals surface area contributed by atoms with Crippen LogP contribution in [0, 0.1) is 4.77 Å². The molecule has 0 saturated heterocycles. The SMILES string of the molecule is CCOc1ccc(-c2n[nH]c(=S)n2CCC(=O)Nc2ccc(OCC(=O)N(C)C)cc2)cc1. The Morgan fingerprint density at radius 3 is 2.33 bits per heavy atom. The van der Waals surface area contributed by atoms with Gasteiger partial charge in [0.25, 0.3) is 5.91 Å². The topological polar surface area (TPSA) is 101 Å². The molecule has 1 aromatic heterocycles. The number of nitrogens with zero attached hydrogens (tertiary/aromatic N) is 3. The van der Waals surface area contributed by atoms with Crippen molar-refractivity contribution in [2.45, 2.75) is 19.9 Å². The number of H-pyrrole nitrogens is 1. The summed E-state index contributed by atoms with van der Waals surface area (Å²) >= 11 is 5.34. The van der Waals surface area contributed by atoms with Gasteiger partial charge in [0.2, 0.25) is 5.91 Å². The third kappa shape index (κ3) is 6.66. The Hall–Kier alpha value is -3.66. The van der Waals surface area contributed by atoms with Gasteiger partial charge in [0.05, 0.1) is 6.61 Å². The second-order valence-corrected chi connectivity index (χ2v) is 7.75. The highest BCUT2D eigenvalue weighted by atomic mass is 32.1. The molecule has 0 unspecified atom stereocenters. The van der Waals surface area contributed by atoms with Crippen LogP contribution in [0.4, 0.5) is 5.69 Å². The number of amides is 2. The first-order valence-corrected chi connectivity index (χ1v) is 10.9. The van der Waals surface area contributed by atoms with E-state index in [1.54, 1.807) is 42.9 Å². The van der Waals surface area contributed by atoms with Gasteiger partial charge in [0.1, 0.15) is 11.5 Å². The van der Waals surface area contributed by atoms with E-state index in [9.17, 15) is 9.59 Å². The van der Waals surface area contributed by atoms with Crippen molar-refractivity contribution in [3.63, 3.8) is 0 Å². The molecule has 3 rings (SSSR count). The summed E-state index contributed by atoms with van der Waals surface area (Å²) < 4.78 is 13.2. The number of carbonyl (C=O) groups excluding carboxylic acids is 2. The Kier molecular flexibility index (Phi) is 8.20. The Morgan fingerprint density at radius 2 is 1.70 bits per heavy atom. The lowest BCUT2D eigenvalue weighted by atomic mass is 10.2. The maximum atomic E-state index is 12.5. The molecule has 2 aromatic carbocycles. The summed E-state index contributed by atoms with van der Waals surface area (Å²) in [6, 6.07) is 14.4. The molecular formula is C23H27N5O4S. The molecule has 9 nitrogen and oxygen atoms in total. The van der Waals surface area contributed by atoms with E-state index in [0.29, 0.717) is 35.2 Å². The van der Waals surface area contributed by atoms with Gasteiger partial charge in [0.15, 0.2) is 17.2 Å². The van der Waals surface area contributed by atoms with Gasteiger partial charge in [-0.3, -0.25) is 19.3 Å². The zero-order valence-electron chi connectivity index (χ0n) is 18.8. The minimum absolute atomic E-state index is 0.0409. The summed E-state index contributed by atoms with van der Waals surface area (Å²) in [6.07, 6.45) is 0.216. The predicted octanol–water partition coefficient (Wildman–Crippen LogP) is 3.50. The number of ether oxygens (including phenoxy) is 2. The van der Waals surface area contributed by atoms with Crippen LogP contribution < -0.4 is 14.8 Å². The highest BCUT2D eigenvalue weighted by Crippen LogP contribution is 2.22. The lowest BCUT2D eigenvalue weighted by molar-refractivity contribution is -0.130. The molecule has 0 spiro atoms. The number of rotatable bonds is 10.